The van der Waals surface area contributed by atoms with E-state index >= 15 is 0 Å². The normalized spacial score (nSPS) is 15.2. The van der Waals surface area contributed by atoms with Gasteiger partial charge in [-0.05, 0) is 18.9 Å². The van der Waals surface area contributed by atoms with Crippen LogP contribution in [-0.4, -0.2) is 23.0 Å². The summed E-state index contributed by atoms with van der Waals surface area (Å²) in [6.45, 7) is 3.57. The van der Waals surface area contributed by atoms with Gasteiger partial charge in [-0.1, -0.05) is 37.3 Å². The fourth-order valence-electron chi connectivity index (χ4n) is 1.91. The zero-order valence-corrected chi connectivity index (χ0v) is 11.9. The monoisotopic (exact) mass is 278 g/mol. The Balaban J connectivity index is 2.52. The van der Waals surface area contributed by atoms with Crippen molar-refractivity contribution in [1.82, 2.24) is 5.32 Å². The van der Waals surface area contributed by atoms with Crippen LogP contribution < -0.4 is 11.1 Å². The van der Waals surface area contributed by atoms with Crippen LogP contribution in [0.25, 0.3) is 0 Å². The maximum Gasteiger partial charge on any atom is 0.303 e. The van der Waals surface area contributed by atoms with Crippen molar-refractivity contribution in [2.24, 2.45) is 11.7 Å². The maximum absolute atomic E-state index is 12.1. The lowest BCUT2D eigenvalue weighted by Gasteiger charge is -2.22. The Bertz CT molecular complexity index is 448. The molecule has 4 N–H and O–H groups in total. The summed E-state index contributed by atoms with van der Waals surface area (Å²) in [5.41, 5.74) is 6.99. The third-order valence-electron chi connectivity index (χ3n) is 3.32. The topological polar surface area (TPSA) is 92.4 Å². The highest BCUT2D eigenvalue weighted by Crippen LogP contribution is 2.19. The smallest absolute Gasteiger partial charge is 0.303 e. The molecule has 1 aromatic carbocycles. The largest absolute Gasteiger partial charge is 0.481 e. The lowest BCUT2D eigenvalue weighted by molar-refractivity contribution is -0.137. The highest BCUT2D eigenvalue weighted by atomic mass is 16.4. The molecule has 0 saturated heterocycles. The lowest BCUT2D eigenvalue weighted by atomic mass is 9.94. The molecule has 5 heteroatoms. The maximum atomic E-state index is 12.1. The highest BCUT2D eigenvalue weighted by Gasteiger charge is 2.23. The molecule has 1 rings (SSSR count). The van der Waals surface area contributed by atoms with Crippen LogP contribution in [0.1, 0.15) is 38.3 Å². The van der Waals surface area contributed by atoms with Gasteiger partial charge < -0.3 is 16.2 Å². The SMILES string of the molecule is CC(CCC(=O)O)NC(=O)C(C)C(N)c1ccccc1. The Kier molecular flexibility index (Phi) is 6.18. The van der Waals surface area contributed by atoms with E-state index in [1.807, 2.05) is 30.3 Å². The molecule has 5 nitrogen and oxygen atoms in total. The third kappa shape index (κ3) is 5.01. The van der Waals surface area contributed by atoms with Gasteiger partial charge >= 0.3 is 5.97 Å². The van der Waals surface area contributed by atoms with Gasteiger partial charge in [-0.25, -0.2) is 0 Å². The summed E-state index contributed by atoms with van der Waals surface area (Å²) >= 11 is 0. The summed E-state index contributed by atoms with van der Waals surface area (Å²) in [5, 5.41) is 11.4. The molecule has 0 radical (unpaired) electrons. The molecule has 110 valence electrons. The van der Waals surface area contributed by atoms with Gasteiger partial charge in [-0.2, -0.15) is 0 Å². The molecule has 0 fully saturated rings. The molecule has 0 heterocycles. The Morgan fingerprint density at radius 1 is 1.25 bits per heavy atom. The van der Waals surface area contributed by atoms with E-state index in [-0.39, 0.29) is 30.3 Å². The number of hydrogen-bond acceptors (Lipinski definition) is 3. The van der Waals surface area contributed by atoms with Crippen molar-refractivity contribution in [2.45, 2.75) is 38.8 Å². The summed E-state index contributed by atoms with van der Waals surface area (Å²) in [6, 6.07) is 8.90. The van der Waals surface area contributed by atoms with Crippen LogP contribution >= 0.6 is 0 Å². The van der Waals surface area contributed by atoms with Crippen LogP contribution in [0.3, 0.4) is 0 Å². The van der Waals surface area contributed by atoms with Crippen LogP contribution in [-0.2, 0) is 9.59 Å². The molecular weight excluding hydrogens is 256 g/mol. The minimum absolute atomic E-state index is 0.0422. The number of carboxylic acids is 1. The predicted octanol–water partition coefficient (Wildman–Crippen LogP) is 1.69. The number of carbonyl (C=O) groups excluding carboxylic acids is 1. The van der Waals surface area contributed by atoms with Crippen molar-refractivity contribution < 1.29 is 14.7 Å². The van der Waals surface area contributed by atoms with Gasteiger partial charge in [0.25, 0.3) is 0 Å². The molecule has 0 aliphatic heterocycles. The van der Waals surface area contributed by atoms with Crippen molar-refractivity contribution in [2.75, 3.05) is 0 Å². The van der Waals surface area contributed by atoms with Gasteiger partial charge in [0.2, 0.25) is 5.91 Å². The number of carbonyl (C=O) groups is 2. The molecule has 0 aliphatic rings. The molecular formula is C15H22N2O3. The summed E-state index contributed by atoms with van der Waals surface area (Å²) in [6.07, 6.45) is 0.453. The third-order valence-corrected chi connectivity index (χ3v) is 3.32. The Labute approximate surface area is 119 Å². The molecule has 0 bridgehead atoms. The Hall–Kier alpha value is -1.88. The van der Waals surface area contributed by atoms with Gasteiger partial charge in [-0.15, -0.1) is 0 Å². The zero-order chi connectivity index (χ0) is 15.1. The lowest BCUT2D eigenvalue weighted by Crippen LogP contribution is -2.40. The van der Waals surface area contributed by atoms with E-state index in [0.717, 1.165) is 5.56 Å². The average molecular weight is 278 g/mol. The molecule has 1 aromatic rings. The molecule has 0 saturated carbocycles. The first kappa shape index (κ1) is 16.2. The molecule has 20 heavy (non-hydrogen) atoms. The fraction of sp³-hybridized carbons (Fsp3) is 0.467. The Morgan fingerprint density at radius 2 is 1.85 bits per heavy atom. The van der Waals surface area contributed by atoms with Crippen LogP contribution in [0.2, 0.25) is 0 Å². The minimum atomic E-state index is -0.861. The van der Waals surface area contributed by atoms with Crippen molar-refractivity contribution in [1.29, 1.82) is 0 Å². The van der Waals surface area contributed by atoms with Gasteiger partial charge in [0.15, 0.2) is 0 Å². The second-order valence-electron chi connectivity index (χ2n) is 5.07. The molecule has 3 atom stereocenters. The van der Waals surface area contributed by atoms with Crippen LogP contribution in [0.4, 0.5) is 0 Å². The van der Waals surface area contributed by atoms with E-state index < -0.39 is 5.97 Å². The summed E-state index contributed by atoms with van der Waals surface area (Å²) in [7, 11) is 0. The first-order valence-electron chi connectivity index (χ1n) is 6.74. The molecule has 0 aromatic heterocycles. The van der Waals surface area contributed by atoms with Crippen LogP contribution in [0.15, 0.2) is 30.3 Å². The van der Waals surface area contributed by atoms with Gasteiger partial charge in [0, 0.05) is 18.5 Å². The second kappa shape index (κ2) is 7.65. The number of amides is 1. The van der Waals surface area contributed by atoms with E-state index in [1.165, 1.54) is 0 Å². The number of nitrogens with two attached hydrogens (primary N) is 1. The number of aliphatic carboxylic acids is 1. The number of benzene rings is 1. The van der Waals surface area contributed by atoms with E-state index in [4.69, 9.17) is 10.8 Å². The molecule has 3 unspecified atom stereocenters. The fourth-order valence-corrected chi connectivity index (χ4v) is 1.91. The van der Waals surface area contributed by atoms with Crippen molar-refractivity contribution in [3.8, 4) is 0 Å². The van der Waals surface area contributed by atoms with Gasteiger partial charge in [-0.3, -0.25) is 9.59 Å². The summed E-state index contributed by atoms with van der Waals surface area (Å²) < 4.78 is 0. The second-order valence-corrected chi connectivity index (χ2v) is 5.07. The number of rotatable bonds is 7. The predicted molar refractivity (Wildman–Crippen MR) is 77.0 cm³/mol. The van der Waals surface area contributed by atoms with E-state index in [9.17, 15) is 9.59 Å². The van der Waals surface area contributed by atoms with Crippen molar-refractivity contribution in [3.05, 3.63) is 35.9 Å². The number of nitrogens with one attached hydrogen (secondary N) is 1. The van der Waals surface area contributed by atoms with Crippen LogP contribution in [0, 0.1) is 5.92 Å². The quantitative estimate of drug-likeness (QED) is 0.707. The van der Waals surface area contributed by atoms with Crippen LogP contribution in [0.5, 0.6) is 0 Å². The van der Waals surface area contributed by atoms with Crippen molar-refractivity contribution >= 4 is 11.9 Å². The van der Waals surface area contributed by atoms with Crippen molar-refractivity contribution in [3.63, 3.8) is 0 Å². The first-order chi connectivity index (χ1) is 9.41. The zero-order valence-electron chi connectivity index (χ0n) is 11.9. The summed E-state index contributed by atoms with van der Waals surface area (Å²) in [5.74, 6) is -1.39. The molecule has 0 spiro atoms. The van der Waals surface area contributed by atoms with E-state index in [0.29, 0.717) is 6.42 Å². The standard InChI is InChI=1S/C15H22N2O3/c1-10(8-9-13(18)19)17-15(20)11(2)14(16)12-6-4-3-5-7-12/h3-7,10-11,14H,8-9,16H2,1-2H3,(H,17,20)(H,18,19). The van der Waals surface area contributed by atoms with Gasteiger partial charge in [0.1, 0.15) is 0 Å². The molecule has 1 amide bonds. The first-order valence-corrected chi connectivity index (χ1v) is 6.74. The average Bonchev–Trinajstić information content (AvgIpc) is 2.44. The van der Waals surface area contributed by atoms with E-state index in [1.54, 1.807) is 13.8 Å². The van der Waals surface area contributed by atoms with E-state index in [2.05, 4.69) is 5.32 Å². The minimum Gasteiger partial charge on any atom is -0.481 e. The number of hydrogen-bond donors (Lipinski definition) is 3. The highest BCUT2D eigenvalue weighted by molar-refractivity contribution is 5.79. The Morgan fingerprint density at radius 3 is 2.40 bits per heavy atom. The molecule has 0 aliphatic carbocycles. The van der Waals surface area contributed by atoms with Gasteiger partial charge in [0.05, 0.1) is 5.92 Å². The number of carboxylic acid groups (broad SMARTS) is 1. The summed E-state index contributed by atoms with van der Waals surface area (Å²) in [4.78, 5) is 22.6.